The topological polar surface area (TPSA) is 66.5 Å². The predicted molar refractivity (Wildman–Crippen MR) is 74.9 cm³/mol. The third-order valence-corrected chi connectivity index (χ3v) is 4.06. The van der Waals surface area contributed by atoms with Crippen molar-refractivity contribution in [2.45, 2.75) is 18.8 Å². The summed E-state index contributed by atoms with van der Waals surface area (Å²) in [6.07, 6.45) is 2.07. The van der Waals surface area contributed by atoms with Crippen LogP contribution in [0.15, 0.2) is 28.7 Å². The number of amides is 4. The van der Waals surface area contributed by atoms with Crippen LogP contribution in [0.5, 0.6) is 0 Å². The second-order valence-electron chi connectivity index (χ2n) is 5.17. The second-order valence-corrected chi connectivity index (χ2v) is 6.09. The Morgan fingerprint density at radius 3 is 2.65 bits per heavy atom. The molecule has 1 N–H and O–H groups in total. The lowest BCUT2D eigenvalue weighted by atomic mass is 9.95. The van der Waals surface area contributed by atoms with Crippen LogP contribution in [0.25, 0.3) is 0 Å². The molecule has 2 fully saturated rings. The highest BCUT2D eigenvalue weighted by Crippen LogP contribution is 2.32. The van der Waals surface area contributed by atoms with Crippen LogP contribution in [-0.2, 0) is 9.59 Å². The molecule has 1 aliphatic carbocycles. The molecule has 0 spiro atoms. The van der Waals surface area contributed by atoms with Crippen LogP contribution in [-0.4, -0.2) is 29.3 Å². The number of imide groups is 2. The first kappa shape index (κ1) is 13.3. The molecule has 1 atom stereocenters. The molecule has 0 radical (unpaired) electrons. The maximum Gasteiger partial charge on any atom is 0.330 e. The lowest BCUT2D eigenvalue weighted by Gasteiger charge is -2.30. The monoisotopic (exact) mass is 336 g/mol. The first-order chi connectivity index (χ1) is 9.56. The fraction of sp³-hybridized carbons (Fsp3) is 0.357. The van der Waals surface area contributed by atoms with Crippen LogP contribution in [0.4, 0.5) is 4.79 Å². The lowest BCUT2D eigenvalue weighted by Crippen LogP contribution is -2.57. The third-order valence-electron chi connectivity index (χ3n) is 3.57. The summed E-state index contributed by atoms with van der Waals surface area (Å²) in [5.41, 5.74) is 0.593. The highest BCUT2D eigenvalue weighted by Gasteiger charge is 2.43. The quantitative estimate of drug-likeness (QED) is 0.858. The molecule has 2 aliphatic rings. The van der Waals surface area contributed by atoms with Crippen molar-refractivity contribution in [3.63, 3.8) is 0 Å². The van der Waals surface area contributed by atoms with E-state index in [0.29, 0.717) is 18.0 Å². The molecule has 1 aliphatic heterocycles. The Morgan fingerprint density at radius 1 is 1.25 bits per heavy atom. The van der Waals surface area contributed by atoms with Gasteiger partial charge in [0.1, 0.15) is 5.92 Å². The van der Waals surface area contributed by atoms with E-state index in [-0.39, 0.29) is 0 Å². The van der Waals surface area contributed by atoms with E-state index in [2.05, 4.69) is 21.2 Å². The Kier molecular flexibility index (Phi) is 3.33. The van der Waals surface area contributed by atoms with E-state index in [1.807, 2.05) is 6.07 Å². The smallest absolute Gasteiger partial charge is 0.277 e. The van der Waals surface area contributed by atoms with Gasteiger partial charge < -0.3 is 0 Å². The molecule has 5 nitrogen and oxygen atoms in total. The summed E-state index contributed by atoms with van der Waals surface area (Å²) in [5, 5.41) is 2.27. The van der Waals surface area contributed by atoms with Crippen molar-refractivity contribution >= 4 is 33.8 Å². The molecule has 1 saturated heterocycles. The van der Waals surface area contributed by atoms with Crippen LogP contribution in [0.2, 0.25) is 0 Å². The Balaban J connectivity index is 1.90. The van der Waals surface area contributed by atoms with Crippen molar-refractivity contribution in [3.8, 4) is 0 Å². The van der Waals surface area contributed by atoms with E-state index in [4.69, 9.17) is 0 Å². The molecule has 1 unspecified atom stereocenters. The zero-order valence-electron chi connectivity index (χ0n) is 10.6. The molecule has 20 heavy (non-hydrogen) atoms. The molecule has 104 valence electrons. The number of rotatable bonds is 3. The van der Waals surface area contributed by atoms with Crippen molar-refractivity contribution < 1.29 is 14.4 Å². The van der Waals surface area contributed by atoms with Crippen LogP contribution < -0.4 is 5.32 Å². The number of urea groups is 1. The van der Waals surface area contributed by atoms with Gasteiger partial charge in [0.15, 0.2) is 0 Å². The van der Waals surface area contributed by atoms with Gasteiger partial charge in [0.2, 0.25) is 11.8 Å². The van der Waals surface area contributed by atoms with E-state index in [1.165, 1.54) is 4.90 Å². The Labute approximate surface area is 124 Å². The fourth-order valence-corrected chi connectivity index (χ4v) is 2.74. The molecule has 1 aromatic rings. The minimum atomic E-state index is -0.941. The zero-order chi connectivity index (χ0) is 14.3. The summed E-state index contributed by atoms with van der Waals surface area (Å²) in [6, 6.07) is 6.44. The second kappa shape index (κ2) is 5.01. The number of carbonyl (C=O) groups excluding carboxylic acids is 3. The number of hydrogen-bond donors (Lipinski definition) is 1. The molecule has 6 heteroatoms. The number of hydrogen-bond acceptors (Lipinski definition) is 3. The third kappa shape index (κ3) is 2.47. The Morgan fingerprint density at radius 2 is 2.00 bits per heavy atom. The minimum absolute atomic E-state index is 0.390. The molecule has 4 amide bonds. The normalized spacial score (nSPS) is 22.9. The van der Waals surface area contributed by atoms with Gasteiger partial charge in [-0.05, 0) is 36.5 Å². The van der Waals surface area contributed by atoms with E-state index in [9.17, 15) is 14.4 Å². The van der Waals surface area contributed by atoms with Crippen molar-refractivity contribution in [1.82, 2.24) is 10.2 Å². The minimum Gasteiger partial charge on any atom is -0.277 e. The highest BCUT2D eigenvalue weighted by molar-refractivity contribution is 9.10. The molecule has 1 aromatic carbocycles. The predicted octanol–water partition coefficient (Wildman–Crippen LogP) is 2.02. The van der Waals surface area contributed by atoms with Gasteiger partial charge in [-0.1, -0.05) is 28.1 Å². The number of nitrogens with zero attached hydrogens (tertiary/aromatic N) is 1. The summed E-state index contributed by atoms with van der Waals surface area (Å²) < 4.78 is 0.793. The van der Waals surface area contributed by atoms with Crippen molar-refractivity contribution in [3.05, 3.63) is 34.3 Å². The first-order valence-corrected chi connectivity index (χ1v) is 7.27. The van der Waals surface area contributed by atoms with Crippen molar-refractivity contribution in [2.75, 3.05) is 6.54 Å². The molecular weight excluding hydrogens is 324 g/mol. The van der Waals surface area contributed by atoms with Gasteiger partial charge in [0, 0.05) is 11.0 Å². The lowest BCUT2D eigenvalue weighted by molar-refractivity contribution is -0.138. The summed E-state index contributed by atoms with van der Waals surface area (Å²) in [4.78, 5) is 37.4. The first-order valence-electron chi connectivity index (χ1n) is 6.48. The van der Waals surface area contributed by atoms with Gasteiger partial charge in [0.05, 0.1) is 0 Å². The largest absolute Gasteiger partial charge is 0.330 e. The Bertz CT molecular complexity index is 598. The average molecular weight is 337 g/mol. The van der Waals surface area contributed by atoms with E-state index in [1.54, 1.807) is 18.2 Å². The Hall–Kier alpha value is -1.69. The maximum atomic E-state index is 12.5. The number of benzene rings is 1. The van der Waals surface area contributed by atoms with Gasteiger partial charge in [-0.25, -0.2) is 4.79 Å². The SMILES string of the molecule is O=C1NC(=O)N(CC2CC2)C(=O)C1c1cccc(Br)c1. The van der Waals surface area contributed by atoms with Gasteiger partial charge >= 0.3 is 6.03 Å². The number of nitrogens with one attached hydrogen (secondary N) is 1. The zero-order valence-corrected chi connectivity index (χ0v) is 12.2. The van der Waals surface area contributed by atoms with Crippen molar-refractivity contribution in [2.24, 2.45) is 5.92 Å². The summed E-state index contributed by atoms with van der Waals surface area (Å²) in [5.74, 6) is -1.53. The summed E-state index contributed by atoms with van der Waals surface area (Å²) in [6.45, 7) is 0.405. The molecule has 3 rings (SSSR count). The summed E-state index contributed by atoms with van der Waals surface area (Å²) in [7, 11) is 0. The van der Waals surface area contributed by atoms with Crippen molar-refractivity contribution in [1.29, 1.82) is 0 Å². The van der Waals surface area contributed by atoms with Crippen LogP contribution in [0, 0.1) is 5.92 Å². The molecule has 1 heterocycles. The van der Waals surface area contributed by atoms with E-state index in [0.717, 1.165) is 17.3 Å². The summed E-state index contributed by atoms with van der Waals surface area (Å²) >= 11 is 3.32. The molecule has 0 aromatic heterocycles. The molecule has 0 bridgehead atoms. The van der Waals surface area contributed by atoms with Gasteiger partial charge in [-0.2, -0.15) is 0 Å². The maximum absolute atomic E-state index is 12.5. The van der Waals surface area contributed by atoms with E-state index >= 15 is 0 Å². The van der Waals surface area contributed by atoms with Gasteiger partial charge in [-0.3, -0.25) is 19.8 Å². The molecule has 1 saturated carbocycles. The molecular formula is C14H13BrN2O3. The van der Waals surface area contributed by atoms with Crippen LogP contribution in [0.1, 0.15) is 24.3 Å². The highest BCUT2D eigenvalue weighted by atomic mass is 79.9. The standard InChI is InChI=1S/C14H13BrN2O3/c15-10-3-1-2-9(6-10)11-12(18)16-14(20)17(13(11)19)7-8-4-5-8/h1-3,6,8,11H,4-5,7H2,(H,16,18,20). The number of halogens is 1. The number of barbiturate groups is 1. The van der Waals surface area contributed by atoms with Crippen LogP contribution >= 0.6 is 15.9 Å². The van der Waals surface area contributed by atoms with Gasteiger partial charge in [-0.15, -0.1) is 0 Å². The van der Waals surface area contributed by atoms with Crippen LogP contribution in [0.3, 0.4) is 0 Å². The fourth-order valence-electron chi connectivity index (χ4n) is 2.32. The van der Waals surface area contributed by atoms with E-state index < -0.39 is 23.8 Å². The average Bonchev–Trinajstić information content (AvgIpc) is 3.18. The number of carbonyl (C=O) groups is 3. The van der Waals surface area contributed by atoms with Gasteiger partial charge in [0.25, 0.3) is 0 Å².